The number of nitrogens with zero attached hydrogens (tertiary/aromatic N) is 3. The number of amides is 2. The van der Waals surface area contributed by atoms with Crippen molar-refractivity contribution >= 4 is 17.6 Å². The van der Waals surface area contributed by atoms with E-state index in [0.717, 1.165) is 17.8 Å². The predicted molar refractivity (Wildman–Crippen MR) is 117 cm³/mol. The zero-order chi connectivity index (χ0) is 24.1. The number of anilines is 1. The molecule has 2 N–H and O–H groups in total. The van der Waals surface area contributed by atoms with Crippen molar-refractivity contribution in [1.29, 1.82) is 0 Å². The molecule has 2 aromatic heterocycles. The van der Waals surface area contributed by atoms with Gasteiger partial charge in [-0.05, 0) is 25.0 Å². The van der Waals surface area contributed by atoms with E-state index in [-0.39, 0.29) is 24.2 Å². The fraction of sp³-hybridized carbons (Fsp3) is 0.304. The van der Waals surface area contributed by atoms with Gasteiger partial charge in [0.05, 0.1) is 12.1 Å². The zero-order valence-electron chi connectivity index (χ0n) is 18.0. The molecule has 1 aromatic carbocycles. The van der Waals surface area contributed by atoms with E-state index in [4.69, 9.17) is 4.52 Å². The maximum Gasteiger partial charge on any atom is 0.417 e. The van der Waals surface area contributed by atoms with Gasteiger partial charge in [-0.1, -0.05) is 35.5 Å². The Morgan fingerprint density at radius 3 is 2.47 bits per heavy atom. The summed E-state index contributed by atoms with van der Waals surface area (Å²) >= 11 is 0. The number of hydrogen-bond donors (Lipinski definition) is 2. The lowest BCUT2D eigenvalue weighted by Gasteiger charge is -2.33. The molecular formula is C23H22F3N5O3. The van der Waals surface area contributed by atoms with Crippen molar-refractivity contribution in [1.82, 2.24) is 20.8 Å². The molecule has 178 valence electrons. The lowest BCUT2D eigenvalue weighted by Crippen LogP contribution is -2.47. The molecule has 0 radical (unpaired) electrons. The van der Waals surface area contributed by atoms with Gasteiger partial charge < -0.3 is 20.1 Å². The van der Waals surface area contributed by atoms with Crippen LogP contribution in [0.3, 0.4) is 0 Å². The molecule has 0 saturated carbocycles. The minimum Gasteiger partial charge on any atom is -0.356 e. The van der Waals surface area contributed by atoms with Crippen molar-refractivity contribution < 1.29 is 27.3 Å². The van der Waals surface area contributed by atoms with Crippen molar-refractivity contribution in [2.24, 2.45) is 0 Å². The zero-order valence-corrected chi connectivity index (χ0v) is 18.0. The Morgan fingerprint density at radius 2 is 1.82 bits per heavy atom. The largest absolute Gasteiger partial charge is 0.417 e. The first kappa shape index (κ1) is 23.3. The lowest BCUT2D eigenvalue weighted by molar-refractivity contribution is -0.137. The summed E-state index contributed by atoms with van der Waals surface area (Å²) < 4.78 is 43.3. The molecule has 8 nitrogen and oxygen atoms in total. The number of hydrogen-bond acceptors (Lipinski definition) is 6. The van der Waals surface area contributed by atoms with Crippen LogP contribution in [0.15, 0.2) is 59.3 Å². The van der Waals surface area contributed by atoms with Gasteiger partial charge in [0.25, 0.3) is 5.91 Å². The Labute approximate surface area is 193 Å². The van der Waals surface area contributed by atoms with Crippen LogP contribution in [-0.2, 0) is 11.0 Å². The first-order valence-corrected chi connectivity index (χ1v) is 10.7. The second-order valence-corrected chi connectivity index (χ2v) is 7.86. The topological polar surface area (TPSA) is 100 Å². The molecule has 0 atom stereocenters. The van der Waals surface area contributed by atoms with E-state index in [1.54, 1.807) is 0 Å². The number of rotatable bonds is 6. The van der Waals surface area contributed by atoms with Gasteiger partial charge in [0.1, 0.15) is 5.82 Å². The molecule has 4 rings (SSSR count). The molecule has 1 aliphatic rings. The third-order valence-corrected chi connectivity index (χ3v) is 5.47. The van der Waals surface area contributed by atoms with Crippen LogP contribution in [0.2, 0.25) is 0 Å². The van der Waals surface area contributed by atoms with Crippen LogP contribution in [0.4, 0.5) is 19.0 Å². The quantitative estimate of drug-likeness (QED) is 0.570. The Balaban J connectivity index is 1.21. The molecule has 0 aliphatic carbocycles. The highest BCUT2D eigenvalue weighted by molar-refractivity contribution is 5.95. The fourth-order valence-electron chi connectivity index (χ4n) is 3.64. The number of pyridine rings is 1. The minimum absolute atomic E-state index is 0.0732. The normalized spacial score (nSPS) is 14.6. The Hall–Kier alpha value is -3.89. The molecule has 1 fully saturated rings. The SMILES string of the molecule is O=C(CNC(=O)c1cc(-c2ccccc2)on1)NC1CCN(c2ccc(C(F)(F)F)cn2)CC1. The lowest BCUT2D eigenvalue weighted by atomic mass is 10.0. The van der Waals surface area contributed by atoms with E-state index < -0.39 is 17.6 Å². The van der Waals surface area contributed by atoms with Gasteiger partial charge in [-0.2, -0.15) is 13.2 Å². The van der Waals surface area contributed by atoms with Gasteiger partial charge in [0.2, 0.25) is 5.91 Å². The van der Waals surface area contributed by atoms with E-state index >= 15 is 0 Å². The number of nitrogens with one attached hydrogen (secondary N) is 2. The van der Waals surface area contributed by atoms with Gasteiger partial charge in [-0.15, -0.1) is 0 Å². The standard InChI is InChI=1S/C23H22F3N5O3/c24-23(25,26)16-6-7-20(27-13-16)31-10-8-17(9-11-31)29-21(32)14-28-22(33)18-12-19(34-30-18)15-4-2-1-3-5-15/h1-7,12-13,17H,8-11,14H2,(H,28,33)(H,29,32). The van der Waals surface area contributed by atoms with Gasteiger partial charge >= 0.3 is 6.18 Å². The summed E-state index contributed by atoms with van der Waals surface area (Å²) in [6.45, 7) is 0.862. The highest BCUT2D eigenvalue weighted by Gasteiger charge is 2.31. The van der Waals surface area contributed by atoms with Crippen molar-refractivity contribution in [2.75, 3.05) is 24.5 Å². The molecule has 1 aliphatic heterocycles. The van der Waals surface area contributed by atoms with Crippen molar-refractivity contribution in [3.63, 3.8) is 0 Å². The Bertz CT molecular complexity index is 1120. The number of carbonyl (C=O) groups is 2. The first-order chi connectivity index (χ1) is 16.3. The van der Waals surface area contributed by atoms with Gasteiger partial charge in [0, 0.05) is 37.0 Å². The third kappa shape index (κ3) is 5.72. The van der Waals surface area contributed by atoms with Crippen LogP contribution in [0.1, 0.15) is 28.9 Å². The van der Waals surface area contributed by atoms with E-state index in [2.05, 4.69) is 20.8 Å². The van der Waals surface area contributed by atoms with E-state index in [9.17, 15) is 22.8 Å². The third-order valence-electron chi connectivity index (χ3n) is 5.47. The highest BCUT2D eigenvalue weighted by atomic mass is 19.4. The van der Waals surface area contributed by atoms with Crippen LogP contribution >= 0.6 is 0 Å². The van der Waals surface area contributed by atoms with Crippen LogP contribution in [0.25, 0.3) is 11.3 Å². The van der Waals surface area contributed by atoms with Crippen LogP contribution in [0.5, 0.6) is 0 Å². The van der Waals surface area contributed by atoms with E-state index in [1.807, 2.05) is 35.2 Å². The molecule has 1 saturated heterocycles. The number of alkyl halides is 3. The number of carbonyl (C=O) groups excluding carboxylic acids is 2. The summed E-state index contributed by atoms with van der Waals surface area (Å²) in [5.74, 6) is 0.0486. The second kappa shape index (κ2) is 9.94. The summed E-state index contributed by atoms with van der Waals surface area (Å²) in [6, 6.07) is 13.0. The summed E-state index contributed by atoms with van der Waals surface area (Å²) in [4.78, 5) is 30.3. The fourth-order valence-corrected chi connectivity index (χ4v) is 3.64. The van der Waals surface area contributed by atoms with Gasteiger partial charge in [0.15, 0.2) is 11.5 Å². The Kier molecular flexibility index (Phi) is 6.80. The number of benzene rings is 1. The molecule has 34 heavy (non-hydrogen) atoms. The van der Waals surface area contributed by atoms with Crippen LogP contribution in [0, 0.1) is 0 Å². The molecule has 0 unspecified atom stereocenters. The van der Waals surface area contributed by atoms with Crippen LogP contribution in [-0.4, -0.2) is 47.6 Å². The average Bonchev–Trinajstić information content (AvgIpc) is 3.34. The van der Waals surface area contributed by atoms with E-state index in [0.29, 0.717) is 37.5 Å². The van der Waals surface area contributed by atoms with Gasteiger partial charge in [-0.25, -0.2) is 4.98 Å². The number of halogens is 3. The molecule has 3 aromatic rings. The molecule has 3 heterocycles. The second-order valence-electron chi connectivity index (χ2n) is 7.86. The maximum absolute atomic E-state index is 12.7. The molecule has 2 amide bonds. The molecule has 0 bridgehead atoms. The Morgan fingerprint density at radius 1 is 1.09 bits per heavy atom. The molecule has 0 spiro atoms. The van der Waals surface area contributed by atoms with Crippen molar-refractivity contribution in [3.8, 4) is 11.3 Å². The highest BCUT2D eigenvalue weighted by Crippen LogP contribution is 2.29. The summed E-state index contributed by atoms with van der Waals surface area (Å²) in [5.41, 5.74) is 0.0657. The van der Waals surface area contributed by atoms with Crippen LogP contribution < -0.4 is 15.5 Å². The number of piperidine rings is 1. The van der Waals surface area contributed by atoms with E-state index in [1.165, 1.54) is 12.1 Å². The summed E-state index contributed by atoms with van der Waals surface area (Å²) in [6.07, 6.45) is -2.39. The average molecular weight is 473 g/mol. The van der Waals surface area contributed by atoms with Crippen molar-refractivity contribution in [3.05, 3.63) is 66.0 Å². The summed E-state index contributed by atoms with van der Waals surface area (Å²) in [5, 5.41) is 9.13. The molecular weight excluding hydrogens is 451 g/mol. The van der Waals surface area contributed by atoms with Crippen molar-refractivity contribution in [2.45, 2.75) is 25.1 Å². The monoisotopic (exact) mass is 473 g/mol. The molecule has 11 heteroatoms. The summed E-state index contributed by atoms with van der Waals surface area (Å²) in [7, 11) is 0. The van der Waals surface area contributed by atoms with Gasteiger partial charge in [-0.3, -0.25) is 9.59 Å². The predicted octanol–water partition coefficient (Wildman–Crippen LogP) is 3.27. The maximum atomic E-state index is 12.7. The first-order valence-electron chi connectivity index (χ1n) is 10.7. The smallest absolute Gasteiger partial charge is 0.356 e. The minimum atomic E-state index is -4.42. The number of aromatic nitrogens is 2.